The number of ether oxygens (including phenoxy) is 1. The molecule has 15 heavy (non-hydrogen) atoms. The Morgan fingerprint density at radius 2 is 2.40 bits per heavy atom. The Morgan fingerprint density at radius 1 is 1.47 bits per heavy atom. The molecule has 2 aromatic heterocycles. The molecule has 2 heterocycles. The van der Waals surface area contributed by atoms with Gasteiger partial charge in [0.2, 0.25) is 5.82 Å². The van der Waals surface area contributed by atoms with Gasteiger partial charge in [0.1, 0.15) is 6.61 Å². The Hall–Kier alpha value is -1.66. The highest BCUT2D eigenvalue weighted by molar-refractivity contribution is 5.44. The number of nitrogens with two attached hydrogens (primary N) is 1. The third kappa shape index (κ3) is 2.42. The van der Waals surface area contributed by atoms with E-state index in [1.165, 1.54) is 0 Å². The SMILES string of the molecule is NCCOCc1nc(-c2ccco2)no1. The molecular formula is C9H11N3O3. The van der Waals surface area contributed by atoms with Gasteiger partial charge in [-0.3, -0.25) is 0 Å². The smallest absolute Gasteiger partial charge is 0.253 e. The summed E-state index contributed by atoms with van der Waals surface area (Å²) in [7, 11) is 0. The van der Waals surface area contributed by atoms with E-state index in [2.05, 4.69) is 10.1 Å². The topological polar surface area (TPSA) is 87.3 Å². The minimum atomic E-state index is 0.269. The van der Waals surface area contributed by atoms with Crippen molar-refractivity contribution in [1.29, 1.82) is 0 Å². The van der Waals surface area contributed by atoms with Gasteiger partial charge in [-0.15, -0.1) is 0 Å². The highest BCUT2D eigenvalue weighted by Crippen LogP contribution is 2.15. The van der Waals surface area contributed by atoms with Crippen LogP contribution in [0.5, 0.6) is 0 Å². The van der Waals surface area contributed by atoms with Crippen molar-refractivity contribution in [3.05, 3.63) is 24.3 Å². The molecule has 0 saturated carbocycles. The summed E-state index contributed by atoms with van der Waals surface area (Å²) in [5.41, 5.74) is 5.27. The van der Waals surface area contributed by atoms with Crippen molar-refractivity contribution in [3.8, 4) is 11.6 Å². The first kappa shape index (κ1) is 9.88. The first-order chi connectivity index (χ1) is 7.40. The minimum absolute atomic E-state index is 0.269. The molecule has 0 radical (unpaired) electrons. The van der Waals surface area contributed by atoms with Gasteiger partial charge in [-0.1, -0.05) is 5.16 Å². The van der Waals surface area contributed by atoms with Crippen molar-refractivity contribution in [2.75, 3.05) is 13.2 Å². The van der Waals surface area contributed by atoms with Crippen molar-refractivity contribution in [3.63, 3.8) is 0 Å². The van der Waals surface area contributed by atoms with Crippen LogP contribution in [-0.2, 0) is 11.3 Å². The van der Waals surface area contributed by atoms with Gasteiger partial charge in [0.15, 0.2) is 5.76 Å². The fraction of sp³-hybridized carbons (Fsp3) is 0.333. The Labute approximate surface area is 86.0 Å². The van der Waals surface area contributed by atoms with Crippen LogP contribution in [0.4, 0.5) is 0 Å². The highest BCUT2D eigenvalue weighted by atomic mass is 16.5. The number of aromatic nitrogens is 2. The van der Waals surface area contributed by atoms with Gasteiger partial charge in [-0.25, -0.2) is 0 Å². The molecule has 80 valence electrons. The molecule has 0 aliphatic rings. The second-order valence-electron chi connectivity index (χ2n) is 2.83. The summed E-state index contributed by atoms with van der Waals surface area (Å²) < 4.78 is 15.2. The third-order valence-electron chi connectivity index (χ3n) is 1.70. The maximum atomic E-state index is 5.27. The molecule has 0 spiro atoms. The highest BCUT2D eigenvalue weighted by Gasteiger charge is 2.10. The Kier molecular flexibility index (Phi) is 3.11. The molecule has 0 aliphatic carbocycles. The fourth-order valence-corrected chi connectivity index (χ4v) is 1.06. The van der Waals surface area contributed by atoms with E-state index in [4.69, 9.17) is 19.4 Å². The quantitative estimate of drug-likeness (QED) is 0.733. The molecule has 0 saturated heterocycles. The first-order valence-corrected chi connectivity index (χ1v) is 4.54. The zero-order valence-electron chi connectivity index (χ0n) is 8.05. The number of hydrogen-bond donors (Lipinski definition) is 1. The largest absolute Gasteiger partial charge is 0.461 e. The van der Waals surface area contributed by atoms with Gasteiger partial charge in [0, 0.05) is 6.54 Å². The zero-order chi connectivity index (χ0) is 10.5. The van der Waals surface area contributed by atoms with Crippen LogP contribution < -0.4 is 5.73 Å². The summed E-state index contributed by atoms with van der Waals surface area (Å²) in [5.74, 6) is 1.41. The molecule has 0 fully saturated rings. The predicted molar refractivity (Wildman–Crippen MR) is 50.7 cm³/mol. The van der Waals surface area contributed by atoms with E-state index in [9.17, 15) is 0 Å². The van der Waals surface area contributed by atoms with Gasteiger partial charge in [-0.05, 0) is 12.1 Å². The second-order valence-corrected chi connectivity index (χ2v) is 2.83. The van der Waals surface area contributed by atoms with Crippen LogP contribution in [0.25, 0.3) is 11.6 Å². The Balaban J connectivity index is 1.98. The molecule has 0 amide bonds. The molecule has 2 N–H and O–H groups in total. The molecule has 2 rings (SSSR count). The molecule has 0 aromatic carbocycles. The maximum absolute atomic E-state index is 5.27. The Morgan fingerprint density at radius 3 is 3.13 bits per heavy atom. The van der Waals surface area contributed by atoms with E-state index in [0.29, 0.717) is 30.6 Å². The van der Waals surface area contributed by atoms with E-state index in [1.807, 2.05) is 0 Å². The van der Waals surface area contributed by atoms with Crippen LogP contribution in [-0.4, -0.2) is 23.3 Å². The average Bonchev–Trinajstić information content (AvgIpc) is 2.87. The van der Waals surface area contributed by atoms with Crippen molar-refractivity contribution < 1.29 is 13.7 Å². The molecular weight excluding hydrogens is 198 g/mol. The molecule has 0 bridgehead atoms. The molecule has 2 aromatic rings. The lowest BCUT2D eigenvalue weighted by Crippen LogP contribution is -2.08. The van der Waals surface area contributed by atoms with Gasteiger partial charge in [-0.2, -0.15) is 4.98 Å². The lowest BCUT2D eigenvalue weighted by atomic mass is 10.4. The molecule has 0 atom stereocenters. The molecule has 0 aliphatic heterocycles. The monoisotopic (exact) mass is 209 g/mol. The van der Waals surface area contributed by atoms with Gasteiger partial charge in [0.05, 0.1) is 12.9 Å². The summed E-state index contributed by atoms with van der Waals surface area (Å²) in [4.78, 5) is 4.09. The minimum Gasteiger partial charge on any atom is -0.461 e. The zero-order valence-corrected chi connectivity index (χ0v) is 8.05. The van der Waals surface area contributed by atoms with Crippen LogP contribution >= 0.6 is 0 Å². The van der Waals surface area contributed by atoms with E-state index >= 15 is 0 Å². The summed E-state index contributed by atoms with van der Waals surface area (Å²) >= 11 is 0. The van der Waals surface area contributed by atoms with Crippen LogP contribution in [0.15, 0.2) is 27.3 Å². The van der Waals surface area contributed by atoms with E-state index < -0.39 is 0 Å². The van der Waals surface area contributed by atoms with Crippen molar-refractivity contribution in [2.45, 2.75) is 6.61 Å². The average molecular weight is 209 g/mol. The number of furan rings is 1. The number of rotatable bonds is 5. The molecule has 6 heteroatoms. The summed E-state index contributed by atoms with van der Waals surface area (Å²) in [6.45, 7) is 1.21. The van der Waals surface area contributed by atoms with Gasteiger partial charge in [0.25, 0.3) is 5.89 Å². The van der Waals surface area contributed by atoms with Crippen molar-refractivity contribution in [2.24, 2.45) is 5.73 Å². The first-order valence-electron chi connectivity index (χ1n) is 4.54. The third-order valence-corrected chi connectivity index (χ3v) is 1.70. The molecule has 0 unspecified atom stereocenters. The van der Waals surface area contributed by atoms with Crippen LogP contribution in [0.1, 0.15) is 5.89 Å². The van der Waals surface area contributed by atoms with E-state index in [0.717, 1.165) is 0 Å². The summed E-state index contributed by atoms with van der Waals surface area (Å²) in [6.07, 6.45) is 1.55. The fourth-order valence-electron chi connectivity index (χ4n) is 1.06. The van der Waals surface area contributed by atoms with Crippen LogP contribution in [0.3, 0.4) is 0 Å². The standard InChI is InChI=1S/C9H11N3O3/c10-3-5-13-6-8-11-9(12-15-8)7-2-1-4-14-7/h1-2,4H,3,5-6,10H2. The second kappa shape index (κ2) is 4.72. The van der Waals surface area contributed by atoms with Crippen molar-refractivity contribution in [1.82, 2.24) is 10.1 Å². The Bertz CT molecular complexity index is 396. The lowest BCUT2D eigenvalue weighted by molar-refractivity contribution is 0.104. The van der Waals surface area contributed by atoms with Gasteiger partial charge < -0.3 is 19.4 Å². The number of nitrogens with zero attached hydrogens (tertiary/aromatic N) is 2. The van der Waals surface area contributed by atoms with Crippen LogP contribution in [0, 0.1) is 0 Å². The van der Waals surface area contributed by atoms with Crippen molar-refractivity contribution >= 4 is 0 Å². The predicted octanol–water partition coefficient (Wildman–Crippen LogP) is 0.805. The number of hydrogen-bond acceptors (Lipinski definition) is 6. The molecule has 6 nitrogen and oxygen atoms in total. The summed E-state index contributed by atoms with van der Waals surface area (Å²) in [6, 6.07) is 3.52. The van der Waals surface area contributed by atoms with E-state index in [-0.39, 0.29) is 6.61 Å². The maximum Gasteiger partial charge on any atom is 0.253 e. The summed E-state index contributed by atoms with van der Waals surface area (Å²) in [5, 5.41) is 3.75. The van der Waals surface area contributed by atoms with Crippen LogP contribution in [0.2, 0.25) is 0 Å². The van der Waals surface area contributed by atoms with Gasteiger partial charge >= 0.3 is 0 Å². The lowest BCUT2D eigenvalue weighted by Gasteiger charge is -1.95. The van der Waals surface area contributed by atoms with E-state index in [1.54, 1.807) is 18.4 Å². The normalized spacial score (nSPS) is 10.7.